The maximum absolute atomic E-state index is 4.33. The number of hydrogen-bond acceptors (Lipinski definition) is 5. The predicted molar refractivity (Wildman–Crippen MR) is 66.7 cm³/mol. The molecule has 0 atom stereocenters. The monoisotopic (exact) mass is 234 g/mol. The minimum Gasteiger partial charge on any atom is -0.367 e. The number of rotatable bonds is 4. The first-order valence-electron chi connectivity index (χ1n) is 5.30. The molecule has 5 heteroatoms. The van der Waals surface area contributed by atoms with E-state index in [9.17, 15) is 0 Å². The fourth-order valence-electron chi connectivity index (χ4n) is 1.44. The zero-order valence-corrected chi connectivity index (χ0v) is 10.2. The Bertz CT molecular complexity index is 467. The van der Waals surface area contributed by atoms with Crippen LogP contribution in [0.5, 0.6) is 0 Å². The molecular formula is C11H14N4S. The van der Waals surface area contributed by atoms with Crippen molar-refractivity contribution in [3.05, 3.63) is 24.0 Å². The quantitative estimate of drug-likeness (QED) is 0.883. The largest absolute Gasteiger partial charge is 0.367 e. The summed E-state index contributed by atoms with van der Waals surface area (Å²) < 4.78 is 8.59. The Morgan fingerprint density at radius 2 is 2.25 bits per heavy atom. The van der Waals surface area contributed by atoms with Crippen molar-refractivity contribution in [3.8, 4) is 11.3 Å². The van der Waals surface area contributed by atoms with E-state index in [2.05, 4.69) is 32.9 Å². The smallest absolute Gasteiger partial charge is 0.168 e. The fraction of sp³-hybridized carbons (Fsp3) is 0.364. The summed E-state index contributed by atoms with van der Waals surface area (Å²) >= 11 is 1.23. The molecule has 2 aromatic heterocycles. The molecule has 0 saturated carbocycles. The van der Waals surface area contributed by atoms with Crippen molar-refractivity contribution in [1.29, 1.82) is 0 Å². The lowest BCUT2D eigenvalue weighted by molar-refractivity contribution is 0.974. The molecule has 0 aliphatic rings. The van der Waals surface area contributed by atoms with Crippen molar-refractivity contribution < 1.29 is 0 Å². The molecule has 0 radical (unpaired) electrons. The molecule has 0 fully saturated rings. The zero-order chi connectivity index (χ0) is 11.4. The van der Waals surface area contributed by atoms with Crippen LogP contribution in [0.15, 0.2) is 18.5 Å². The third kappa shape index (κ3) is 2.19. The molecule has 0 aliphatic carbocycles. The Kier molecular flexibility index (Phi) is 3.46. The van der Waals surface area contributed by atoms with E-state index in [4.69, 9.17) is 0 Å². The fourth-order valence-corrected chi connectivity index (χ4v) is 1.98. The van der Waals surface area contributed by atoms with Crippen LogP contribution in [-0.4, -0.2) is 20.3 Å². The second-order valence-corrected chi connectivity index (χ2v) is 4.11. The number of aromatic nitrogens is 3. The number of nitrogens with zero attached hydrogens (tertiary/aromatic N) is 3. The van der Waals surface area contributed by atoms with Gasteiger partial charge in [-0.2, -0.15) is 8.75 Å². The van der Waals surface area contributed by atoms with Crippen molar-refractivity contribution in [2.75, 3.05) is 11.9 Å². The van der Waals surface area contributed by atoms with Gasteiger partial charge in [0.1, 0.15) is 5.69 Å². The Hall–Kier alpha value is -1.49. The first-order chi connectivity index (χ1) is 7.83. The van der Waals surface area contributed by atoms with Crippen LogP contribution in [0.1, 0.15) is 18.9 Å². The standard InChI is InChI=1S/C11H14N4S/c1-3-5-13-11-10(14-16-15-11)9-7-12-6-4-8(9)2/h4,6-7H,3,5H2,1-2H3,(H,13,15). The zero-order valence-electron chi connectivity index (χ0n) is 9.40. The van der Waals surface area contributed by atoms with Gasteiger partial charge in [0.2, 0.25) is 0 Å². The van der Waals surface area contributed by atoms with Crippen molar-refractivity contribution >= 4 is 17.5 Å². The van der Waals surface area contributed by atoms with Gasteiger partial charge in [0.15, 0.2) is 5.82 Å². The first kappa shape index (κ1) is 11.0. The molecule has 0 amide bonds. The first-order valence-corrected chi connectivity index (χ1v) is 6.03. The number of hydrogen-bond donors (Lipinski definition) is 1. The predicted octanol–water partition coefficient (Wildman–Crippen LogP) is 2.73. The van der Waals surface area contributed by atoms with Crippen molar-refractivity contribution in [2.24, 2.45) is 0 Å². The number of aryl methyl sites for hydroxylation is 1. The average Bonchev–Trinajstić information content (AvgIpc) is 2.75. The van der Waals surface area contributed by atoms with Gasteiger partial charge in [0.25, 0.3) is 0 Å². The van der Waals surface area contributed by atoms with Gasteiger partial charge in [0.05, 0.1) is 11.7 Å². The summed E-state index contributed by atoms with van der Waals surface area (Å²) in [5.74, 6) is 0.864. The van der Waals surface area contributed by atoms with Crippen LogP contribution in [0.2, 0.25) is 0 Å². The molecule has 0 aromatic carbocycles. The third-order valence-electron chi connectivity index (χ3n) is 2.33. The molecule has 1 N–H and O–H groups in total. The van der Waals surface area contributed by atoms with Crippen LogP contribution in [0, 0.1) is 6.92 Å². The topological polar surface area (TPSA) is 50.7 Å². The highest BCUT2D eigenvalue weighted by Gasteiger charge is 2.11. The van der Waals surface area contributed by atoms with E-state index in [-0.39, 0.29) is 0 Å². The number of nitrogens with one attached hydrogen (secondary N) is 1. The van der Waals surface area contributed by atoms with Crippen LogP contribution in [-0.2, 0) is 0 Å². The van der Waals surface area contributed by atoms with E-state index < -0.39 is 0 Å². The van der Waals surface area contributed by atoms with Crippen molar-refractivity contribution in [2.45, 2.75) is 20.3 Å². The van der Waals surface area contributed by atoms with Crippen LogP contribution in [0.4, 0.5) is 5.82 Å². The average molecular weight is 234 g/mol. The van der Waals surface area contributed by atoms with E-state index in [0.717, 1.165) is 30.0 Å². The van der Waals surface area contributed by atoms with Crippen LogP contribution in [0.3, 0.4) is 0 Å². The summed E-state index contributed by atoms with van der Waals surface area (Å²) in [6.45, 7) is 5.10. The number of anilines is 1. The van der Waals surface area contributed by atoms with Gasteiger partial charge in [-0.1, -0.05) is 6.92 Å². The molecule has 0 unspecified atom stereocenters. The van der Waals surface area contributed by atoms with Crippen LogP contribution < -0.4 is 5.32 Å². The SMILES string of the molecule is CCCNc1nsnc1-c1cnccc1C. The lowest BCUT2D eigenvalue weighted by Crippen LogP contribution is -2.01. The molecule has 0 aliphatic heterocycles. The normalized spacial score (nSPS) is 10.4. The van der Waals surface area contributed by atoms with Crippen LogP contribution in [0.25, 0.3) is 11.3 Å². The van der Waals surface area contributed by atoms with E-state index in [1.54, 1.807) is 6.20 Å². The summed E-state index contributed by atoms with van der Waals surface area (Å²) in [6, 6.07) is 1.98. The Morgan fingerprint density at radius 3 is 3.00 bits per heavy atom. The highest BCUT2D eigenvalue weighted by molar-refractivity contribution is 6.99. The maximum atomic E-state index is 4.33. The van der Waals surface area contributed by atoms with Gasteiger partial charge in [-0.25, -0.2) is 0 Å². The maximum Gasteiger partial charge on any atom is 0.168 e. The van der Waals surface area contributed by atoms with E-state index in [0.29, 0.717) is 0 Å². The van der Waals surface area contributed by atoms with Gasteiger partial charge in [-0.05, 0) is 25.0 Å². The van der Waals surface area contributed by atoms with E-state index >= 15 is 0 Å². The van der Waals surface area contributed by atoms with Crippen molar-refractivity contribution in [3.63, 3.8) is 0 Å². The molecule has 2 aromatic rings. The van der Waals surface area contributed by atoms with Crippen LogP contribution >= 0.6 is 11.7 Å². The summed E-state index contributed by atoms with van der Waals surface area (Å²) in [7, 11) is 0. The highest BCUT2D eigenvalue weighted by atomic mass is 32.1. The summed E-state index contributed by atoms with van der Waals surface area (Å²) in [5, 5.41) is 3.28. The molecule has 0 bridgehead atoms. The van der Waals surface area contributed by atoms with Gasteiger partial charge in [-0.3, -0.25) is 4.98 Å². The lowest BCUT2D eigenvalue weighted by Gasteiger charge is -2.05. The molecule has 16 heavy (non-hydrogen) atoms. The third-order valence-corrected chi connectivity index (χ3v) is 2.85. The second-order valence-electron chi connectivity index (χ2n) is 3.58. The Morgan fingerprint density at radius 1 is 1.38 bits per heavy atom. The van der Waals surface area contributed by atoms with Gasteiger partial charge < -0.3 is 5.32 Å². The number of pyridine rings is 1. The van der Waals surface area contributed by atoms with Crippen molar-refractivity contribution in [1.82, 2.24) is 13.7 Å². The van der Waals surface area contributed by atoms with E-state index in [1.165, 1.54) is 17.3 Å². The minimum absolute atomic E-state index is 0.864. The summed E-state index contributed by atoms with van der Waals surface area (Å²) in [6.07, 6.45) is 4.70. The Balaban J connectivity index is 2.33. The van der Waals surface area contributed by atoms with Gasteiger partial charge in [-0.15, -0.1) is 0 Å². The molecular weight excluding hydrogens is 220 g/mol. The summed E-state index contributed by atoms with van der Waals surface area (Å²) in [4.78, 5) is 4.13. The van der Waals surface area contributed by atoms with E-state index in [1.807, 2.05) is 12.3 Å². The Labute approximate surface area is 99.1 Å². The molecule has 0 saturated heterocycles. The minimum atomic E-state index is 0.864. The second kappa shape index (κ2) is 5.03. The molecule has 4 nitrogen and oxygen atoms in total. The van der Waals surface area contributed by atoms with Gasteiger partial charge in [0, 0.05) is 24.5 Å². The molecule has 0 spiro atoms. The highest BCUT2D eigenvalue weighted by Crippen LogP contribution is 2.27. The molecule has 84 valence electrons. The molecule has 2 heterocycles. The van der Waals surface area contributed by atoms with Gasteiger partial charge >= 0.3 is 0 Å². The summed E-state index contributed by atoms with van der Waals surface area (Å²) in [5.41, 5.74) is 3.13. The molecule has 2 rings (SSSR count). The lowest BCUT2D eigenvalue weighted by atomic mass is 10.1.